The quantitative estimate of drug-likeness (QED) is 0.423. The van der Waals surface area contributed by atoms with Crippen LogP contribution in [-0.2, 0) is 6.54 Å². The largest absolute Gasteiger partial charge is 0.481 e. The summed E-state index contributed by atoms with van der Waals surface area (Å²) in [4.78, 5) is 17.8. The monoisotopic (exact) mass is 471 g/mol. The number of nitrogens with zero attached hydrogens (tertiary/aromatic N) is 7. The maximum atomic E-state index is 12.9. The molecule has 3 aliphatic heterocycles. The van der Waals surface area contributed by atoms with Crippen molar-refractivity contribution in [2.45, 2.75) is 25.0 Å². The van der Waals surface area contributed by atoms with Crippen LogP contribution in [0.1, 0.15) is 17.5 Å². The highest BCUT2D eigenvalue weighted by Gasteiger charge is 2.44. The van der Waals surface area contributed by atoms with Crippen molar-refractivity contribution in [2.75, 3.05) is 25.1 Å². The lowest BCUT2D eigenvalue weighted by atomic mass is 9.87. The third-order valence-corrected chi connectivity index (χ3v) is 6.90. The third kappa shape index (κ3) is 3.70. The number of ether oxygens (including phenoxy) is 1. The van der Waals surface area contributed by atoms with Gasteiger partial charge >= 0.3 is 0 Å². The molecule has 2 atom stereocenters. The Labute approximate surface area is 200 Å². The van der Waals surface area contributed by atoms with Gasteiger partial charge in [0, 0.05) is 65.8 Å². The molecule has 10 heteroatoms. The molecule has 0 saturated carbocycles. The lowest BCUT2D eigenvalue weighted by molar-refractivity contribution is -0.00876. The van der Waals surface area contributed by atoms with Gasteiger partial charge in [-0.25, -0.2) is 14.5 Å². The van der Waals surface area contributed by atoms with E-state index < -0.39 is 0 Å². The highest BCUT2D eigenvalue weighted by molar-refractivity contribution is 5.85. The number of anilines is 1. The average molecular weight is 471 g/mol. The minimum Gasteiger partial charge on any atom is -0.481 e. The van der Waals surface area contributed by atoms with Crippen LogP contribution in [-0.4, -0.2) is 56.8 Å². The summed E-state index contributed by atoms with van der Waals surface area (Å²) >= 11 is 0. The van der Waals surface area contributed by atoms with Crippen LogP contribution in [0.15, 0.2) is 55.1 Å². The Morgan fingerprint density at radius 2 is 1.97 bits per heavy atom. The topological polar surface area (TPSA) is 91.8 Å². The van der Waals surface area contributed by atoms with Crippen LogP contribution in [0.4, 0.5) is 10.3 Å². The second-order valence-electron chi connectivity index (χ2n) is 8.86. The van der Waals surface area contributed by atoms with E-state index in [4.69, 9.17) is 9.72 Å². The Morgan fingerprint density at radius 1 is 1.11 bits per heavy atom. The van der Waals surface area contributed by atoms with E-state index >= 15 is 0 Å². The smallest absolute Gasteiger partial charge is 0.212 e. The number of nitriles is 1. The minimum atomic E-state index is 0.00689. The van der Waals surface area contributed by atoms with Crippen LogP contribution in [0.25, 0.3) is 16.6 Å². The molecule has 4 aromatic heterocycles. The van der Waals surface area contributed by atoms with Gasteiger partial charge < -0.3 is 9.64 Å². The zero-order valence-corrected chi connectivity index (χ0v) is 19.0. The van der Waals surface area contributed by atoms with E-state index in [0.29, 0.717) is 34.6 Å². The van der Waals surface area contributed by atoms with Crippen molar-refractivity contribution >= 4 is 11.3 Å². The fourth-order valence-corrected chi connectivity index (χ4v) is 5.14. The number of halogens is 1. The number of aromatic nitrogens is 4. The molecule has 3 fully saturated rings. The molecule has 7 rings (SSSR count). The molecule has 176 valence electrons. The van der Waals surface area contributed by atoms with Crippen molar-refractivity contribution < 1.29 is 14.2 Å². The van der Waals surface area contributed by atoms with Crippen LogP contribution in [0.3, 0.4) is 0 Å². The fourth-order valence-electron chi connectivity index (χ4n) is 5.14. The minimum absolute atomic E-state index is 0.00689. The lowest BCUT2D eigenvalue weighted by Gasteiger charge is -2.56. The van der Waals surface area contributed by atoms with E-state index in [1.165, 1.54) is 28.9 Å². The number of piperazine rings is 1. The number of pyridine rings is 3. The number of rotatable bonds is 6. The van der Waals surface area contributed by atoms with Gasteiger partial charge in [-0.15, -0.1) is 0 Å². The molecule has 7 heterocycles. The van der Waals surface area contributed by atoms with Gasteiger partial charge in [-0.2, -0.15) is 10.4 Å². The molecule has 2 unspecified atom stereocenters. The molecular weight excluding hydrogens is 449 g/mol. The number of hydrogen-bond acceptors (Lipinski definition) is 8. The first-order valence-corrected chi connectivity index (χ1v) is 11.3. The van der Waals surface area contributed by atoms with Gasteiger partial charge in [0.25, 0.3) is 0 Å². The number of hydrogen-bond donors (Lipinski definition) is 0. The maximum absolute atomic E-state index is 12.9. The molecule has 0 spiro atoms. The summed E-state index contributed by atoms with van der Waals surface area (Å²) < 4.78 is 19.5. The molecule has 2 bridgehead atoms. The van der Waals surface area contributed by atoms with E-state index in [9.17, 15) is 9.79 Å². The Kier molecular flexibility index (Phi) is 5.19. The van der Waals surface area contributed by atoms with Crippen molar-refractivity contribution in [3.05, 3.63) is 66.2 Å². The normalized spacial score (nSPS) is 19.3. The lowest BCUT2D eigenvalue weighted by Crippen LogP contribution is -2.68. The third-order valence-electron chi connectivity index (χ3n) is 6.90. The van der Waals surface area contributed by atoms with Gasteiger partial charge in [-0.3, -0.25) is 9.84 Å². The van der Waals surface area contributed by atoms with Crippen LogP contribution >= 0.6 is 0 Å². The summed E-state index contributed by atoms with van der Waals surface area (Å²) in [6.45, 7) is 2.69. The van der Waals surface area contributed by atoms with Crippen LogP contribution in [0.2, 0.25) is 0 Å². The van der Waals surface area contributed by atoms with Gasteiger partial charge in [-0.1, -0.05) is 6.07 Å². The first kappa shape index (κ1) is 21.3. The van der Waals surface area contributed by atoms with Crippen molar-refractivity contribution in [1.82, 2.24) is 24.5 Å². The standard InChI is InChI=1S/C25H22FN7O2/c1-34-24-5-2-16(9-29-24)12-32-19-6-20(32)14-31(13-19)23-4-3-17(10-28-23)22-7-21(35-26)15-33-25(22)18(8-27)11-30-33/h2-5,7,9-11,15,19-20H,6,12-14H2,1H3. The summed E-state index contributed by atoms with van der Waals surface area (Å²) in [6, 6.07) is 12.5. The highest BCUT2D eigenvalue weighted by atomic mass is 19.3. The zero-order valence-electron chi connectivity index (χ0n) is 19.0. The van der Waals surface area contributed by atoms with Gasteiger partial charge in [0.05, 0.1) is 30.6 Å². The Hall–Kier alpha value is -4.23. The molecule has 3 aliphatic rings. The average Bonchev–Trinajstić information content (AvgIpc) is 3.34. The first-order chi connectivity index (χ1) is 17.2. The highest BCUT2D eigenvalue weighted by Crippen LogP contribution is 2.36. The number of methoxy groups -OCH3 is 1. The van der Waals surface area contributed by atoms with Gasteiger partial charge in [0.15, 0.2) is 5.75 Å². The van der Waals surface area contributed by atoms with Crippen molar-refractivity contribution in [3.63, 3.8) is 0 Å². The summed E-state index contributed by atoms with van der Waals surface area (Å²) in [5, 5.41) is 13.6. The van der Waals surface area contributed by atoms with Crippen molar-refractivity contribution in [1.29, 1.82) is 5.26 Å². The second kappa shape index (κ2) is 8.52. The van der Waals surface area contributed by atoms with Crippen LogP contribution in [0, 0.1) is 11.3 Å². The summed E-state index contributed by atoms with van der Waals surface area (Å²) in [6.07, 6.45) is 7.67. The molecular formula is C25H22FN7O2. The van der Waals surface area contributed by atoms with Gasteiger partial charge in [0.1, 0.15) is 11.9 Å². The molecule has 0 aromatic carbocycles. The number of piperidine rings is 1. The molecule has 0 radical (unpaired) electrons. The summed E-state index contributed by atoms with van der Waals surface area (Å²) in [5.74, 6) is 1.53. The van der Waals surface area contributed by atoms with E-state index in [1.807, 2.05) is 24.4 Å². The van der Waals surface area contributed by atoms with E-state index in [-0.39, 0.29) is 5.75 Å². The van der Waals surface area contributed by atoms with Gasteiger partial charge in [-0.05, 0) is 30.2 Å². The second-order valence-corrected chi connectivity index (χ2v) is 8.86. The predicted molar refractivity (Wildman–Crippen MR) is 126 cm³/mol. The Bertz CT molecular complexity index is 1400. The fraction of sp³-hybridized carbons (Fsp3) is 0.280. The first-order valence-electron chi connectivity index (χ1n) is 11.3. The predicted octanol–water partition coefficient (Wildman–Crippen LogP) is 3.40. The maximum Gasteiger partial charge on any atom is 0.212 e. The molecule has 9 nitrogen and oxygen atoms in total. The van der Waals surface area contributed by atoms with Crippen molar-refractivity contribution in [3.8, 4) is 28.8 Å². The van der Waals surface area contributed by atoms with Crippen LogP contribution < -0.4 is 14.6 Å². The number of fused-ring (bicyclic) bond motifs is 3. The van der Waals surface area contributed by atoms with E-state index in [1.54, 1.807) is 19.4 Å². The summed E-state index contributed by atoms with van der Waals surface area (Å²) in [5.41, 5.74) is 3.56. The van der Waals surface area contributed by atoms with Gasteiger partial charge in [0.2, 0.25) is 5.88 Å². The van der Waals surface area contributed by atoms with E-state index in [0.717, 1.165) is 31.0 Å². The zero-order chi connectivity index (χ0) is 23.9. The SMILES string of the molecule is COc1ccc(CN2C3CC2CN(c2ccc(-c4cc(OF)cn5ncc(C#N)c45)cn2)C3)cn1. The Morgan fingerprint density at radius 3 is 2.63 bits per heavy atom. The Balaban J connectivity index is 1.19. The molecule has 35 heavy (non-hydrogen) atoms. The van der Waals surface area contributed by atoms with Crippen molar-refractivity contribution in [2.24, 2.45) is 0 Å². The molecule has 4 aromatic rings. The molecule has 0 aliphatic carbocycles. The summed E-state index contributed by atoms with van der Waals surface area (Å²) in [7, 11) is 1.62. The van der Waals surface area contributed by atoms with Crippen LogP contribution in [0.5, 0.6) is 11.6 Å². The van der Waals surface area contributed by atoms with E-state index in [2.05, 4.69) is 37.0 Å². The molecule has 0 N–H and O–H groups in total. The molecule has 0 amide bonds. The molecule has 3 saturated heterocycles.